The molecule has 0 saturated carbocycles. The number of benzene rings is 2. The maximum absolute atomic E-state index is 12.5. The van der Waals surface area contributed by atoms with E-state index in [4.69, 9.17) is 9.47 Å². The summed E-state index contributed by atoms with van der Waals surface area (Å²) < 4.78 is 14.7. The van der Waals surface area contributed by atoms with E-state index in [1.54, 1.807) is 39.0 Å². The lowest BCUT2D eigenvalue weighted by atomic mass is 9.88. The van der Waals surface area contributed by atoms with Crippen LogP contribution in [0.1, 0.15) is 20.8 Å². The average Bonchev–Trinajstić information content (AvgIpc) is 2.55. The fourth-order valence-corrected chi connectivity index (χ4v) is 4.46. The molecule has 0 heterocycles. The van der Waals surface area contributed by atoms with Crippen molar-refractivity contribution < 1.29 is 14.3 Å². The molecule has 2 aromatic carbocycles. The van der Waals surface area contributed by atoms with Gasteiger partial charge in [-0.05, 0) is 62.2 Å². The normalized spacial score (nSPS) is 12.2. The Balaban J connectivity index is 2.45. The maximum Gasteiger partial charge on any atom is 0.242 e. The van der Waals surface area contributed by atoms with Crippen molar-refractivity contribution in [2.24, 2.45) is 5.41 Å². The zero-order valence-electron chi connectivity index (χ0n) is 14.6. The second-order valence-corrected chi connectivity index (χ2v) is 10.2. The number of nitriles is 1. The van der Waals surface area contributed by atoms with Crippen LogP contribution in [-0.2, 0) is 4.79 Å². The number of ether oxygens (including phenoxy) is 2. The first kappa shape index (κ1) is 22.4. The summed E-state index contributed by atoms with van der Waals surface area (Å²) in [6, 6.07) is 10.9. The fraction of sp³-hybridized carbons (Fsp3) is 0.263. The van der Waals surface area contributed by atoms with E-state index in [0.29, 0.717) is 16.0 Å². The molecule has 0 aliphatic rings. The third-order valence-corrected chi connectivity index (χ3v) is 5.58. The summed E-state index contributed by atoms with van der Waals surface area (Å²) in [4.78, 5) is 12.5. The van der Waals surface area contributed by atoms with E-state index in [-0.39, 0.29) is 11.5 Å². The van der Waals surface area contributed by atoms with Crippen LogP contribution in [0.15, 0.2) is 48.2 Å². The SMILES string of the molecule is CC(C)(C)C(=O)C(C#N)Oc1c(Br)cc(Br)cc1Oc1ccc(Br)cc1Br. The summed E-state index contributed by atoms with van der Waals surface area (Å²) >= 11 is 13.7. The van der Waals surface area contributed by atoms with Gasteiger partial charge in [0.15, 0.2) is 17.3 Å². The molecular formula is C19H15Br4NO3. The van der Waals surface area contributed by atoms with Gasteiger partial charge in [0, 0.05) is 14.4 Å². The van der Waals surface area contributed by atoms with Crippen molar-refractivity contribution in [2.75, 3.05) is 0 Å². The molecule has 0 N–H and O–H groups in total. The molecule has 4 nitrogen and oxygen atoms in total. The molecule has 0 aliphatic heterocycles. The monoisotopic (exact) mass is 621 g/mol. The van der Waals surface area contributed by atoms with Gasteiger partial charge in [-0.2, -0.15) is 5.26 Å². The Hall–Kier alpha value is -0.880. The predicted octanol–water partition coefficient (Wildman–Crippen LogP) is 7.42. The quantitative estimate of drug-likeness (QED) is 0.348. The molecule has 2 aromatic rings. The van der Waals surface area contributed by atoms with Crippen molar-refractivity contribution in [1.29, 1.82) is 5.26 Å². The summed E-state index contributed by atoms with van der Waals surface area (Å²) in [5, 5.41) is 9.45. The predicted molar refractivity (Wildman–Crippen MR) is 118 cm³/mol. The lowest BCUT2D eigenvalue weighted by molar-refractivity contribution is -0.131. The molecule has 1 atom stereocenters. The molecule has 27 heavy (non-hydrogen) atoms. The number of hydrogen-bond acceptors (Lipinski definition) is 4. The van der Waals surface area contributed by atoms with Gasteiger partial charge in [0.05, 0.1) is 8.95 Å². The Bertz CT molecular complexity index is 916. The van der Waals surface area contributed by atoms with E-state index < -0.39 is 11.5 Å². The van der Waals surface area contributed by atoms with Crippen LogP contribution < -0.4 is 9.47 Å². The minimum Gasteiger partial charge on any atom is -0.462 e. The lowest BCUT2D eigenvalue weighted by Crippen LogP contribution is -2.35. The van der Waals surface area contributed by atoms with Gasteiger partial charge in [0.1, 0.15) is 11.8 Å². The molecule has 142 valence electrons. The summed E-state index contributed by atoms with van der Waals surface area (Å²) in [6.07, 6.45) is -1.25. The number of carbonyl (C=O) groups is 1. The highest BCUT2D eigenvalue weighted by Gasteiger charge is 2.32. The van der Waals surface area contributed by atoms with Gasteiger partial charge < -0.3 is 9.47 Å². The van der Waals surface area contributed by atoms with Crippen LogP contribution in [0.3, 0.4) is 0 Å². The molecule has 8 heteroatoms. The van der Waals surface area contributed by atoms with Crippen molar-refractivity contribution in [3.8, 4) is 23.3 Å². The van der Waals surface area contributed by atoms with Crippen molar-refractivity contribution in [3.63, 3.8) is 0 Å². The summed E-state index contributed by atoms with van der Waals surface area (Å²) in [5.74, 6) is 0.887. The van der Waals surface area contributed by atoms with Crippen LogP contribution in [-0.4, -0.2) is 11.9 Å². The molecule has 0 aromatic heterocycles. The second kappa shape index (κ2) is 9.08. The van der Waals surface area contributed by atoms with Crippen LogP contribution in [0.2, 0.25) is 0 Å². The first-order valence-corrected chi connectivity index (χ1v) is 10.9. The van der Waals surface area contributed by atoms with Crippen molar-refractivity contribution >= 4 is 69.5 Å². The number of Topliss-reactive ketones (excluding diaryl/α,β-unsaturated/α-hetero) is 1. The van der Waals surface area contributed by atoms with Gasteiger partial charge in [-0.3, -0.25) is 4.79 Å². The zero-order chi connectivity index (χ0) is 20.4. The van der Waals surface area contributed by atoms with Crippen LogP contribution in [0.25, 0.3) is 0 Å². The fourth-order valence-electron chi connectivity index (χ4n) is 2.05. The molecular weight excluding hydrogens is 610 g/mol. The van der Waals surface area contributed by atoms with E-state index >= 15 is 0 Å². The maximum atomic E-state index is 12.5. The molecule has 1 unspecified atom stereocenters. The Morgan fingerprint density at radius 3 is 2.19 bits per heavy atom. The number of carbonyl (C=O) groups excluding carboxylic acids is 1. The van der Waals surface area contributed by atoms with E-state index in [1.807, 2.05) is 18.2 Å². The van der Waals surface area contributed by atoms with Gasteiger partial charge in [0.2, 0.25) is 6.10 Å². The number of rotatable bonds is 5. The van der Waals surface area contributed by atoms with Crippen LogP contribution >= 0.6 is 63.7 Å². The largest absolute Gasteiger partial charge is 0.462 e. The molecule has 2 rings (SSSR count). The number of hydrogen-bond donors (Lipinski definition) is 0. The second-order valence-electron chi connectivity index (χ2n) is 6.63. The van der Waals surface area contributed by atoms with Crippen LogP contribution in [0, 0.1) is 16.7 Å². The molecule has 0 bridgehead atoms. The summed E-state index contributed by atoms with van der Waals surface area (Å²) in [5.41, 5.74) is -0.710. The Morgan fingerprint density at radius 1 is 1.00 bits per heavy atom. The highest BCUT2D eigenvalue weighted by molar-refractivity contribution is 9.11. The Morgan fingerprint density at radius 2 is 1.63 bits per heavy atom. The standard InChI is InChI=1S/C19H15Br4NO3/c1-19(2,3)18(25)16(9-24)27-17-13(23)7-11(21)8-15(17)26-14-5-4-10(20)6-12(14)22/h4-8,16H,1-3H3. The third kappa shape index (κ3) is 5.80. The molecule has 0 radical (unpaired) electrons. The molecule has 0 aliphatic carbocycles. The Kier molecular flexibility index (Phi) is 7.54. The smallest absolute Gasteiger partial charge is 0.242 e. The minimum absolute atomic E-state index is 0.275. The molecule has 0 saturated heterocycles. The number of ketones is 1. The van der Waals surface area contributed by atoms with Gasteiger partial charge in [0.25, 0.3) is 0 Å². The molecule has 0 amide bonds. The summed E-state index contributed by atoms with van der Waals surface area (Å²) in [7, 11) is 0. The van der Waals surface area contributed by atoms with E-state index in [9.17, 15) is 10.1 Å². The first-order valence-electron chi connectivity index (χ1n) is 7.75. The van der Waals surface area contributed by atoms with Gasteiger partial charge >= 0.3 is 0 Å². The summed E-state index contributed by atoms with van der Waals surface area (Å²) in [6.45, 7) is 5.24. The van der Waals surface area contributed by atoms with Gasteiger partial charge in [-0.15, -0.1) is 0 Å². The number of halogens is 4. The lowest BCUT2D eigenvalue weighted by Gasteiger charge is -2.22. The Labute approximate surface area is 191 Å². The van der Waals surface area contributed by atoms with Gasteiger partial charge in [-0.1, -0.05) is 52.6 Å². The zero-order valence-corrected chi connectivity index (χ0v) is 21.0. The van der Waals surface area contributed by atoms with Gasteiger partial charge in [-0.25, -0.2) is 0 Å². The first-order chi connectivity index (χ1) is 12.5. The average molecular weight is 625 g/mol. The topological polar surface area (TPSA) is 59.3 Å². The van der Waals surface area contributed by atoms with Crippen LogP contribution in [0.5, 0.6) is 17.2 Å². The third-order valence-electron chi connectivity index (χ3n) is 3.42. The molecule has 0 fully saturated rings. The highest BCUT2D eigenvalue weighted by atomic mass is 79.9. The van der Waals surface area contributed by atoms with Crippen molar-refractivity contribution in [3.05, 3.63) is 48.2 Å². The van der Waals surface area contributed by atoms with Crippen molar-refractivity contribution in [1.82, 2.24) is 0 Å². The van der Waals surface area contributed by atoms with E-state index in [1.165, 1.54) is 0 Å². The highest BCUT2D eigenvalue weighted by Crippen LogP contribution is 2.43. The minimum atomic E-state index is -1.25. The van der Waals surface area contributed by atoms with Crippen molar-refractivity contribution in [2.45, 2.75) is 26.9 Å². The van der Waals surface area contributed by atoms with Crippen LogP contribution in [0.4, 0.5) is 0 Å². The van der Waals surface area contributed by atoms with E-state index in [0.717, 1.165) is 13.4 Å². The van der Waals surface area contributed by atoms with E-state index in [2.05, 4.69) is 63.7 Å². The number of nitrogens with zero attached hydrogens (tertiary/aromatic N) is 1. The molecule has 0 spiro atoms.